The van der Waals surface area contributed by atoms with Crippen LogP contribution in [0, 0.1) is 6.92 Å². The van der Waals surface area contributed by atoms with Crippen molar-refractivity contribution >= 4 is 17.0 Å². The molecule has 0 spiro atoms. The van der Waals surface area contributed by atoms with E-state index in [1.807, 2.05) is 18.2 Å². The molecule has 0 saturated heterocycles. The van der Waals surface area contributed by atoms with Gasteiger partial charge >= 0.3 is 0 Å². The number of ether oxygens (including phenoxy) is 1. The fraction of sp³-hybridized carbons (Fsp3) is 0.438. The molecule has 4 nitrogen and oxygen atoms in total. The number of rotatable bonds is 4. The number of benzene rings is 1. The lowest BCUT2D eigenvalue weighted by Crippen LogP contribution is -2.16. The second-order valence-electron chi connectivity index (χ2n) is 5.32. The first kappa shape index (κ1) is 14.4. The maximum atomic E-state index is 9.43. The molecule has 0 aliphatic heterocycles. The van der Waals surface area contributed by atoms with Crippen molar-refractivity contribution in [3.8, 4) is 5.75 Å². The molecule has 1 heterocycles. The number of aliphatic hydroxyl groups excluding tert-OH is 1. The molecular formula is C16H20N2O2S. The Hall–Kier alpha value is -1.59. The van der Waals surface area contributed by atoms with Gasteiger partial charge in [0.05, 0.1) is 35.3 Å². The highest BCUT2D eigenvalue weighted by Gasteiger charge is 2.23. The lowest BCUT2D eigenvalue weighted by Gasteiger charge is -2.24. The summed E-state index contributed by atoms with van der Waals surface area (Å²) in [5, 5.41) is 14.1. The van der Waals surface area contributed by atoms with Crippen molar-refractivity contribution in [2.24, 2.45) is 0 Å². The molecular weight excluding hydrogens is 284 g/mol. The van der Waals surface area contributed by atoms with Gasteiger partial charge in [0.25, 0.3) is 0 Å². The number of hydrogen-bond acceptors (Lipinski definition) is 5. The van der Waals surface area contributed by atoms with Crippen molar-refractivity contribution < 1.29 is 9.84 Å². The van der Waals surface area contributed by atoms with Gasteiger partial charge in [0.15, 0.2) is 0 Å². The Kier molecular flexibility index (Phi) is 4.12. The van der Waals surface area contributed by atoms with Crippen LogP contribution in [0.2, 0.25) is 0 Å². The molecule has 0 amide bonds. The highest BCUT2D eigenvalue weighted by Crippen LogP contribution is 2.36. The van der Waals surface area contributed by atoms with Crippen LogP contribution in [0.1, 0.15) is 40.0 Å². The van der Waals surface area contributed by atoms with Gasteiger partial charge in [-0.1, -0.05) is 0 Å². The van der Waals surface area contributed by atoms with Crippen LogP contribution in [-0.2, 0) is 13.0 Å². The third-order valence-corrected chi connectivity index (χ3v) is 4.98. The Balaban J connectivity index is 1.84. The van der Waals surface area contributed by atoms with E-state index in [0.717, 1.165) is 41.3 Å². The van der Waals surface area contributed by atoms with Crippen LogP contribution in [0.4, 0.5) is 5.69 Å². The number of thiazole rings is 1. The van der Waals surface area contributed by atoms with Crippen molar-refractivity contribution in [3.05, 3.63) is 39.3 Å². The number of aryl methyl sites for hydroxylation is 2. The molecule has 0 saturated carbocycles. The zero-order valence-electron chi connectivity index (χ0n) is 12.3. The van der Waals surface area contributed by atoms with Gasteiger partial charge in [0, 0.05) is 11.3 Å². The molecule has 0 bridgehead atoms. The summed E-state index contributed by atoms with van der Waals surface area (Å²) in [6.07, 6.45) is 3.37. The van der Waals surface area contributed by atoms with Gasteiger partial charge in [-0.25, -0.2) is 4.98 Å². The van der Waals surface area contributed by atoms with E-state index in [4.69, 9.17) is 4.74 Å². The third kappa shape index (κ3) is 2.89. The van der Waals surface area contributed by atoms with Gasteiger partial charge in [-0.3, -0.25) is 0 Å². The van der Waals surface area contributed by atoms with Crippen LogP contribution >= 0.6 is 11.3 Å². The number of nitrogens with zero attached hydrogens (tertiary/aromatic N) is 1. The number of hydrogen-bond donors (Lipinski definition) is 2. The lowest BCUT2D eigenvalue weighted by atomic mass is 9.97. The molecule has 5 heteroatoms. The van der Waals surface area contributed by atoms with Crippen molar-refractivity contribution in [3.63, 3.8) is 0 Å². The van der Waals surface area contributed by atoms with Gasteiger partial charge in [-0.2, -0.15) is 0 Å². The highest BCUT2D eigenvalue weighted by molar-refractivity contribution is 7.11. The standard InChI is InChI=1S/C16H20N2O2S/c1-10-17-13-4-3-5-14(16(13)21-10)18-12-6-7-15(20-2)11(8-12)9-19/h6-8,14,18-19H,3-5,9H2,1-2H3. The number of aromatic nitrogens is 1. The molecule has 2 N–H and O–H groups in total. The van der Waals surface area contributed by atoms with Gasteiger partial charge in [0.1, 0.15) is 5.75 Å². The van der Waals surface area contributed by atoms with Crippen LogP contribution in [0.15, 0.2) is 18.2 Å². The number of nitrogens with one attached hydrogen (secondary N) is 1. The van der Waals surface area contributed by atoms with E-state index < -0.39 is 0 Å². The zero-order chi connectivity index (χ0) is 14.8. The summed E-state index contributed by atoms with van der Waals surface area (Å²) in [4.78, 5) is 5.98. The molecule has 3 rings (SSSR count). The molecule has 1 atom stereocenters. The van der Waals surface area contributed by atoms with Gasteiger partial charge < -0.3 is 15.2 Å². The number of anilines is 1. The molecule has 112 valence electrons. The molecule has 1 aliphatic carbocycles. The van der Waals surface area contributed by atoms with Crippen LogP contribution in [0.25, 0.3) is 0 Å². The maximum absolute atomic E-state index is 9.43. The molecule has 2 aromatic rings. The van der Waals surface area contributed by atoms with Gasteiger partial charge in [-0.15, -0.1) is 11.3 Å². The first-order chi connectivity index (χ1) is 10.2. The van der Waals surface area contributed by atoms with Gasteiger partial charge in [-0.05, 0) is 44.4 Å². The molecule has 21 heavy (non-hydrogen) atoms. The van der Waals surface area contributed by atoms with E-state index >= 15 is 0 Å². The van der Waals surface area contributed by atoms with Crippen LogP contribution in [0.3, 0.4) is 0 Å². The van der Waals surface area contributed by atoms with E-state index in [1.54, 1.807) is 18.4 Å². The maximum Gasteiger partial charge on any atom is 0.124 e. The molecule has 1 unspecified atom stereocenters. The molecule has 1 aliphatic rings. The zero-order valence-corrected chi connectivity index (χ0v) is 13.2. The quantitative estimate of drug-likeness (QED) is 0.908. The molecule has 0 fully saturated rings. The fourth-order valence-corrected chi connectivity index (χ4v) is 3.93. The first-order valence-corrected chi connectivity index (χ1v) is 8.03. The minimum absolute atomic E-state index is 0.0196. The van der Waals surface area contributed by atoms with E-state index in [1.165, 1.54) is 10.6 Å². The second kappa shape index (κ2) is 6.03. The summed E-state index contributed by atoms with van der Waals surface area (Å²) in [6, 6.07) is 6.18. The summed E-state index contributed by atoms with van der Waals surface area (Å²) >= 11 is 1.79. The summed E-state index contributed by atoms with van der Waals surface area (Å²) in [6.45, 7) is 2.05. The number of aliphatic hydroxyl groups is 1. The molecule has 0 radical (unpaired) electrons. The summed E-state index contributed by atoms with van der Waals surface area (Å²) in [5.74, 6) is 0.723. The van der Waals surface area contributed by atoms with Crippen molar-refractivity contribution in [1.29, 1.82) is 0 Å². The van der Waals surface area contributed by atoms with E-state index in [-0.39, 0.29) is 6.61 Å². The fourth-order valence-electron chi connectivity index (χ4n) is 2.87. The smallest absolute Gasteiger partial charge is 0.124 e. The van der Waals surface area contributed by atoms with Gasteiger partial charge in [0.2, 0.25) is 0 Å². The Morgan fingerprint density at radius 1 is 1.48 bits per heavy atom. The van der Waals surface area contributed by atoms with E-state index in [9.17, 15) is 5.11 Å². The Morgan fingerprint density at radius 3 is 3.10 bits per heavy atom. The average Bonchev–Trinajstić information content (AvgIpc) is 2.88. The van der Waals surface area contributed by atoms with E-state index in [2.05, 4.69) is 17.2 Å². The Bertz CT molecular complexity index is 639. The number of methoxy groups -OCH3 is 1. The van der Waals surface area contributed by atoms with Crippen LogP contribution < -0.4 is 10.1 Å². The number of fused-ring (bicyclic) bond motifs is 1. The predicted molar refractivity (Wildman–Crippen MR) is 85.1 cm³/mol. The van der Waals surface area contributed by atoms with Crippen molar-refractivity contribution in [1.82, 2.24) is 4.98 Å². The van der Waals surface area contributed by atoms with E-state index in [0.29, 0.717) is 6.04 Å². The third-order valence-electron chi connectivity index (χ3n) is 3.85. The monoisotopic (exact) mass is 304 g/mol. The summed E-state index contributed by atoms with van der Waals surface area (Å²) in [7, 11) is 1.62. The van der Waals surface area contributed by atoms with Crippen molar-refractivity contribution in [2.45, 2.75) is 38.8 Å². The van der Waals surface area contributed by atoms with Crippen molar-refractivity contribution in [2.75, 3.05) is 12.4 Å². The topological polar surface area (TPSA) is 54.4 Å². The highest BCUT2D eigenvalue weighted by atomic mass is 32.1. The minimum atomic E-state index is -0.0196. The normalized spacial score (nSPS) is 17.4. The van der Waals surface area contributed by atoms with Crippen LogP contribution in [-0.4, -0.2) is 17.2 Å². The SMILES string of the molecule is COc1ccc(NC2CCCc3nc(C)sc32)cc1CO. The summed E-state index contributed by atoms with van der Waals surface area (Å²) in [5.41, 5.74) is 3.07. The first-order valence-electron chi connectivity index (χ1n) is 7.21. The molecule has 1 aromatic carbocycles. The Morgan fingerprint density at radius 2 is 2.33 bits per heavy atom. The minimum Gasteiger partial charge on any atom is -0.496 e. The largest absolute Gasteiger partial charge is 0.496 e. The lowest BCUT2D eigenvalue weighted by molar-refractivity contribution is 0.274. The molecule has 1 aromatic heterocycles. The van der Waals surface area contributed by atoms with Crippen LogP contribution in [0.5, 0.6) is 5.75 Å². The average molecular weight is 304 g/mol. The Labute approximate surface area is 128 Å². The second-order valence-corrected chi connectivity index (χ2v) is 6.55. The summed E-state index contributed by atoms with van der Waals surface area (Å²) < 4.78 is 5.25. The predicted octanol–water partition coefficient (Wildman–Crippen LogP) is 3.44.